The predicted molar refractivity (Wildman–Crippen MR) is 100.0 cm³/mol. The van der Waals surface area contributed by atoms with Crippen molar-refractivity contribution in [3.8, 4) is 5.69 Å². The number of rotatable bonds is 5. The highest BCUT2D eigenvalue weighted by Crippen LogP contribution is 2.30. The van der Waals surface area contributed by atoms with Gasteiger partial charge in [0.1, 0.15) is 11.5 Å². The fraction of sp³-hybridized carbons (Fsp3) is 0.500. The number of nitrogens with one attached hydrogen (secondary N) is 1. The maximum Gasteiger partial charge on any atom is 0.269 e. The van der Waals surface area contributed by atoms with Crippen LogP contribution in [0, 0.1) is 5.82 Å². The third-order valence-corrected chi connectivity index (χ3v) is 5.54. The molecule has 5 nitrogen and oxygen atoms in total. The Balaban J connectivity index is 1.74. The van der Waals surface area contributed by atoms with Gasteiger partial charge in [-0.05, 0) is 51.2 Å². The summed E-state index contributed by atoms with van der Waals surface area (Å²) < 4.78 is 14.8. The third kappa shape index (κ3) is 3.96. The van der Waals surface area contributed by atoms with Gasteiger partial charge in [0.15, 0.2) is 0 Å². The summed E-state index contributed by atoms with van der Waals surface area (Å²) in [6, 6.07) is 6.04. The number of hydrogen-bond acceptors (Lipinski definition) is 3. The molecule has 0 aliphatic heterocycles. The molecule has 1 N–H and O–H groups in total. The SMILES string of the molecule is CN(C)C1(CNC(=O)c2cncn2-c2ccc(F)cc2)CCCCCC1. The average molecular weight is 358 g/mol. The molecular formula is C20H27FN4O. The van der Waals surface area contributed by atoms with E-state index in [9.17, 15) is 9.18 Å². The number of imidazole rings is 1. The third-order valence-electron chi connectivity index (χ3n) is 5.54. The molecule has 1 aliphatic rings. The summed E-state index contributed by atoms with van der Waals surface area (Å²) in [5, 5.41) is 3.11. The number of benzene rings is 1. The molecule has 0 unspecified atom stereocenters. The molecule has 3 rings (SSSR count). The summed E-state index contributed by atoms with van der Waals surface area (Å²) >= 11 is 0. The van der Waals surface area contributed by atoms with Crippen LogP contribution >= 0.6 is 0 Å². The average Bonchev–Trinajstić information content (AvgIpc) is 2.99. The van der Waals surface area contributed by atoms with E-state index in [2.05, 4.69) is 29.3 Å². The van der Waals surface area contributed by atoms with Gasteiger partial charge < -0.3 is 10.2 Å². The van der Waals surface area contributed by atoms with Crippen LogP contribution in [-0.4, -0.2) is 46.5 Å². The monoisotopic (exact) mass is 358 g/mol. The van der Waals surface area contributed by atoms with E-state index in [4.69, 9.17) is 0 Å². The molecule has 1 saturated carbocycles. The lowest BCUT2D eigenvalue weighted by Gasteiger charge is -2.39. The summed E-state index contributed by atoms with van der Waals surface area (Å²) in [4.78, 5) is 19.2. The molecule has 2 aromatic rings. The van der Waals surface area contributed by atoms with Crippen molar-refractivity contribution < 1.29 is 9.18 Å². The first-order valence-corrected chi connectivity index (χ1v) is 9.26. The van der Waals surface area contributed by atoms with Crippen molar-refractivity contribution in [1.82, 2.24) is 19.8 Å². The van der Waals surface area contributed by atoms with Crippen molar-refractivity contribution in [2.75, 3.05) is 20.6 Å². The summed E-state index contributed by atoms with van der Waals surface area (Å²) in [5.74, 6) is -0.460. The van der Waals surface area contributed by atoms with Gasteiger partial charge in [-0.2, -0.15) is 0 Å². The van der Waals surface area contributed by atoms with E-state index in [1.54, 1.807) is 29.2 Å². The number of hydrogen-bond donors (Lipinski definition) is 1. The first-order valence-electron chi connectivity index (χ1n) is 9.26. The molecule has 0 atom stereocenters. The van der Waals surface area contributed by atoms with Crippen LogP contribution in [0.4, 0.5) is 4.39 Å². The van der Waals surface area contributed by atoms with Gasteiger partial charge in [0, 0.05) is 17.8 Å². The second-order valence-corrected chi connectivity index (χ2v) is 7.34. The second-order valence-electron chi connectivity index (χ2n) is 7.34. The highest BCUT2D eigenvalue weighted by molar-refractivity contribution is 5.93. The topological polar surface area (TPSA) is 50.2 Å². The van der Waals surface area contributed by atoms with Crippen molar-refractivity contribution in [3.63, 3.8) is 0 Å². The number of amides is 1. The van der Waals surface area contributed by atoms with Crippen molar-refractivity contribution >= 4 is 5.91 Å². The molecule has 6 heteroatoms. The number of aromatic nitrogens is 2. The standard InChI is InChI=1S/C20H27FN4O/c1-24(2)20(11-5-3-4-6-12-20)14-23-19(26)18-13-22-15-25(18)17-9-7-16(21)8-10-17/h7-10,13,15H,3-6,11-12,14H2,1-2H3,(H,23,26). The van der Waals surface area contributed by atoms with E-state index >= 15 is 0 Å². The minimum Gasteiger partial charge on any atom is -0.349 e. The quantitative estimate of drug-likeness (QED) is 0.834. The second kappa shape index (κ2) is 7.99. The number of carbonyl (C=O) groups is 1. The Morgan fingerprint density at radius 1 is 1.19 bits per heavy atom. The van der Waals surface area contributed by atoms with Gasteiger partial charge in [-0.1, -0.05) is 25.7 Å². The molecule has 0 spiro atoms. The smallest absolute Gasteiger partial charge is 0.269 e. The minimum atomic E-state index is -0.304. The zero-order chi connectivity index (χ0) is 18.6. The van der Waals surface area contributed by atoms with Crippen LogP contribution in [-0.2, 0) is 0 Å². The van der Waals surface area contributed by atoms with Gasteiger partial charge in [0.2, 0.25) is 0 Å². The molecule has 1 aromatic heterocycles. The van der Waals surface area contributed by atoms with Crippen LogP contribution in [0.15, 0.2) is 36.8 Å². The van der Waals surface area contributed by atoms with Crippen molar-refractivity contribution in [2.24, 2.45) is 0 Å². The Kier molecular flexibility index (Phi) is 5.71. The van der Waals surface area contributed by atoms with E-state index in [1.807, 2.05) is 0 Å². The predicted octanol–water partition coefficient (Wildman–Crippen LogP) is 3.40. The van der Waals surface area contributed by atoms with Crippen LogP contribution in [0.2, 0.25) is 0 Å². The van der Waals surface area contributed by atoms with E-state index in [0.717, 1.165) is 12.8 Å². The molecule has 1 aromatic carbocycles. The van der Waals surface area contributed by atoms with Crippen LogP contribution in [0.1, 0.15) is 49.0 Å². The van der Waals surface area contributed by atoms with Gasteiger partial charge in [0.05, 0.1) is 12.5 Å². The van der Waals surface area contributed by atoms with Gasteiger partial charge in [-0.15, -0.1) is 0 Å². The Morgan fingerprint density at radius 2 is 1.85 bits per heavy atom. The molecule has 1 amide bonds. The van der Waals surface area contributed by atoms with Crippen molar-refractivity contribution in [3.05, 3.63) is 48.3 Å². The lowest BCUT2D eigenvalue weighted by Crippen LogP contribution is -2.52. The molecule has 1 heterocycles. The Bertz CT molecular complexity index is 731. The number of carbonyl (C=O) groups excluding carboxylic acids is 1. The van der Waals surface area contributed by atoms with E-state index in [1.165, 1.54) is 37.8 Å². The zero-order valence-electron chi connectivity index (χ0n) is 15.5. The van der Waals surface area contributed by atoms with Gasteiger partial charge >= 0.3 is 0 Å². The van der Waals surface area contributed by atoms with Crippen LogP contribution in [0.25, 0.3) is 5.69 Å². The summed E-state index contributed by atoms with van der Waals surface area (Å²) in [6.07, 6.45) is 10.2. The normalized spacial score (nSPS) is 17.1. The largest absolute Gasteiger partial charge is 0.349 e. The number of nitrogens with zero attached hydrogens (tertiary/aromatic N) is 3. The molecule has 0 saturated heterocycles. The van der Waals surface area contributed by atoms with E-state index in [-0.39, 0.29) is 17.3 Å². The maximum atomic E-state index is 13.2. The minimum absolute atomic E-state index is 0.00683. The fourth-order valence-corrected chi connectivity index (χ4v) is 3.77. The molecule has 140 valence electrons. The first kappa shape index (κ1) is 18.6. The molecular weight excluding hydrogens is 331 g/mol. The van der Waals surface area contributed by atoms with Gasteiger partial charge in [-0.3, -0.25) is 9.36 Å². The van der Waals surface area contributed by atoms with E-state index in [0.29, 0.717) is 17.9 Å². The van der Waals surface area contributed by atoms with E-state index < -0.39 is 0 Å². The Labute approximate surface area is 154 Å². The zero-order valence-corrected chi connectivity index (χ0v) is 15.5. The molecule has 1 fully saturated rings. The molecule has 1 aliphatic carbocycles. The maximum absolute atomic E-state index is 13.2. The fourth-order valence-electron chi connectivity index (χ4n) is 3.77. The Hall–Kier alpha value is -2.21. The highest BCUT2D eigenvalue weighted by atomic mass is 19.1. The number of likely N-dealkylation sites (N-methyl/N-ethyl adjacent to an activating group) is 1. The number of halogens is 1. The molecule has 0 bridgehead atoms. The van der Waals surface area contributed by atoms with Crippen LogP contribution in [0.5, 0.6) is 0 Å². The summed E-state index contributed by atoms with van der Waals surface area (Å²) in [6.45, 7) is 0.618. The lowest BCUT2D eigenvalue weighted by atomic mass is 9.88. The Morgan fingerprint density at radius 3 is 2.46 bits per heavy atom. The summed E-state index contributed by atoms with van der Waals surface area (Å²) in [5.41, 5.74) is 1.18. The molecule has 26 heavy (non-hydrogen) atoms. The lowest BCUT2D eigenvalue weighted by molar-refractivity contribution is 0.0863. The van der Waals surface area contributed by atoms with Crippen LogP contribution in [0.3, 0.4) is 0 Å². The van der Waals surface area contributed by atoms with Crippen LogP contribution < -0.4 is 5.32 Å². The van der Waals surface area contributed by atoms with Crippen molar-refractivity contribution in [2.45, 2.75) is 44.1 Å². The summed E-state index contributed by atoms with van der Waals surface area (Å²) in [7, 11) is 4.19. The van der Waals surface area contributed by atoms with Gasteiger partial charge in [0.25, 0.3) is 5.91 Å². The highest BCUT2D eigenvalue weighted by Gasteiger charge is 2.33. The molecule has 0 radical (unpaired) electrons. The van der Waals surface area contributed by atoms with Gasteiger partial charge in [-0.25, -0.2) is 9.37 Å². The first-order chi connectivity index (χ1) is 12.5. The van der Waals surface area contributed by atoms with Crippen molar-refractivity contribution in [1.29, 1.82) is 0 Å².